The van der Waals surface area contributed by atoms with Crippen molar-refractivity contribution in [3.05, 3.63) is 52.5 Å². The minimum Gasteiger partial charge on any atom is -0.455 e. The van der Waals surface area contributed by atoms with Crippen molar-refractivity contribution in [2.24, 2.45) is 5.41 Å². The largest absolute Gasteiger partial charge is 0.455 e. The number of hydrogen-bond acceptors (Lipinski definition) is 3. The molecule has 1 aliphatic carbocycles. The third-order valence-corrected chi connectivity index (χ3v) is 5.61. The fourth-order valence-corrected chi connectivity index (χ4v) is 4.47. The summed E-state index contributed by atoms with van der Waals surface area (Å²) in [4.78, 5) is 15.1. The maximum absolute atomic E-state index is 13.3. The van der Waals surface area contributed by atoms with Crippen molar-refractivity contribution in [2.75, 3.05) is 4.90 Å². The van der Waals surface area contributed by atoms with Crippen LogP contribution in [0.15, 0.2) is 28.7 Å². The Hall–Kier alpha value is -2.07. The first kappa shape index (κ1) is 16.4. The summed E-state index contributed by atoms with van der Waals surface area (Å²) in [6.45, 7) is 8.20. The number of carbonyl (C=O) groups excluding carboxylic acids is 1. The first-order chi connectivity index (χ1) is 11.8. The van der Waals surface area contributed by atoms with Gasteiger partial charge in [0.2, 0.25) is 0 Å². The average Bonchev–Trinajstić information content (AvgIpc) is 3.02. The molecule has 4 nitrogen and oxygen atoms in total. The van der Waals surface area contributed by atoms with E-state index in [0.29, 0.717) is 12.2 Å². The maximum atomic E-state index is 13.3. The summed E-state index contributed by atoms with van der Waals surface area (Å²) in [5, 5.41) is 10.6. The van der Waals surface area contributed by atoms with Gasteiger partial charge in [0.05, 0.1) is 6.10 Å². The Morgan fingerprint density at radius 3 is 2.80 bits per heavy atom. The fraction of sp³-hybridized carbons (Fsp3) is 0.476. The molecule has 1 aromatic heterocycles. The van der Waals surface area contributed by atoms with Gasteiger partial charge in [-0.3, -0.25) is 4.79 Å². The van der Waals surface area contributed by atoms with E-state index in [0.717, 1.165) is 35.4 Å². The third-order valence-electron chi connectivity index (χ3n) is 5.61. The molecule has 2 aromatic rings. The summed E-state index contributed by atoms with van der Waals surface area (Å²) in [5.41, 5.74) is 3.75. The van der Waals surface area contributed by atoms with Gasteiger partial charge in [0.15, 0.2) is 5.76 Å². The number of para-hydroxylation sites is 1. The molecule has 4 rings (SSSR count). The lowest BCUT2D eigenvalue weighted by Gasteiger charge is -2.31. The lowest BCUT2D eigenvalue weighted by molar-refractivity contribution is 0.0898. The number of aliphatic hydroxyl groups excluding tert-OH is 1. The Balaban J connectivity index is 1.76. The molecular weight excluding hydrogens is 314 g/mol. The Kier molecular flexibility index (Phi) is 3.58. The number of benzene rings is 1. The van der Waals surface area contributed by atoms with Crippen LogP contribution in [-0.4, -0.2) is 17.1 Å². The number of anilines is 1. The summed E-state index contributed by atoms with van der Waals surface area (Å²) in [6.07, 6.45) is 1.74. The molecule has 0 saturated heterocycles. The van der Waals surface area contributed by atoms with Crippen molar-refractivity contribution < 1.29 is 14.3 Å². The number of hydrogen-bond donors (Lipinski definition) is 1. The third kappa shape index (κ3) is 2.51. The SMILES string of the molecule is Cc1c(C(=O)N2c3ccccc3C[C@@H]2C)oc2c1[C@@H](O)CC(C)(C)C2. The van der Waals surface area contributed by atoms with E-state index >= 15 is 0 Å². The minimum atomic E-state index is -0.563. The highest BCUT2D eigenvalue weighted by molar-refractivity contribution is 6.07. The molecule has 0 spiro atoms. The molecule has 132 valence electrons. The number of aliphatic hydroxyl groups is 1. The molecule has 2 aliphatic rings. The molecule has 0 unspecified atom stereocenters. The number of nitrogens with zero attached hydrogens (tertiary/aromatic N) is 1. The van der Waals surface area contributed by atoms with Gasteiger partial charge in [-0.05, 0) is 43.7 Å². The second kappa shape index (κ2) is 5.46. The number of fused-ring (bicyclic) bond motifs is 2. The van der Waals surface area contributed by atoms with Crippen LogP contribution in [0.25, 0.3) is 0 Å². The molecule has 1 amide bonds. The van der Waals surface area contributed by atoms with Gasteiger partial charge in [0.25, 0.3) is 5.91 Å². The molecule has 25 heavy (non-hydrogen) atoms. The van der Waals surface area contributed by atoms with Crippen LogP contribution in [-0.2, 0) is 12.8 Å². The standard InChI is InChI=1S/C21H25NO3/c1-12-9-14-7-5-6-8-15(14)22(12)20(24)19-13(2)18-16(23)10-21(3,4)11-17(18)25-19/h5-8,12,16,23H,9-11H2,1-4H3/t12-,16-/m0/s1. The number of rotatable bonds is 1. The molecule has 1 aliphatic heterocycles. The Morgan fingerprint density at radius 2 is 2.04 bits per heavy atom. The van der Waals surface area contributed by atoms with E-state index in [4.69, 9.17) is 4.42 Å². The van der Waals surface area contributed by atoms with Crippen molar-refractivity contribution in [1.82, 2.24) is 0 Å². The molecule has 0 fully saturated rings. The van der Waals surface area contributed by atoms with Crippen molar-refractivity contribution in [3.63, 3.8) is 0 Å². The molecular formula is C21H25NO3. The quantitative estimate of drug-likeness (QED) is 0.848. The molecule has 2 atom stereocenters. The van der Waals surface area contributed by atoms with Gasteiger partial charge < -0.3 is 14.4 Å². The smallest absolute Gasteiger partial charge is 0.294 e. The first-order valence-electron chi connectivity index (χ1n) is 9.00. The summed E-state index contributed by atoms with van der Waals surface area (Å²) in [7, 11) is 0. The van der Waals surface area contributed by atoms with E-state index in [9.17, 15) is 9.90 Å². The monoisotopic (exact) mass is 339 g/mol. The van der Waals surface area contributed by atoms with Crippen LogP contribution in [0.3, 0.4) is 0 Å². The van der Waals surface area contributed by atoms with Gasteiger partial charge in [-0.2, -0.15) is 0 Å². The van der Waals surface area contributed by atoms with Crippen LogP contribution in [0.2, 0.25) is 0 Å². The van der Waals surface area contributed by atoms with Gasteiger partial charge in [-0.1, -0.05) is 32.0 Å². The molecule has 2 heterocycles. The zero-order valence-corrected chi connectivity index (χ0v) is 15.3. The topological polar surface area (TPSA) is 53.7 Å². The molecule has 0 bridgehead atoms. The van der Waals surface area contributed by atoms with Crippen molar-refractivity contribution in [1.29, 1.82) is 0 Å². The molecule has 1 N–H and O–H groups in total. The highest BCUT2D eigenvalue weighted by Gasteiger charge is 2.39. The van der Waals surface area contributed by atoms with Gasteiger partial charge in [-0.15, -0.1) is 0 Å². The molecule has 1 aromatic carbocycles. The first-order valence-corrected chi connectivity index (χ1v) is 9.00. The van der Waals surface area contributed by atoms with Crippen LogP contribution >= 0.6 is 0 Å². The molecule has 0 radical (unpaired) electrons. The average molecular weight is 339 g/mol. The maximum Gasteiger partial charge on any atom is 0.294 e. The zero-order chi connectivity index (χ0) is 17.9. The van der Waals surface area contributed by atoms with Gasteiger partial charge in [0, 0.05) is 29.3 Å². The Bertz CT molecular complexity index is 849. The number of carbonyl (C=O) groups is 1. The summed E-state index contributed by atoms with van der Waals surface area (Å²) in [6, 6.07) is 8.14. The Morgan fingerprint density at radius 1 is 1.32 bits per heavy atom. The predicted octanol–water partition coefficient (Wildman–Crippen LogP) is 4.19. The minimum absolute atomic E-state index is 0.0233. The second-order valence-corrected chi connectivity index (χ2v) is 8.31. The van der Waals surface area contributed by atoms with Crippen molar-refractivity contribution in [3.8, 4) is 0 Å². The summed E-state index contributed by atoms with van der Waals surface area (Å²) < 4.78 is 6.03. The highest BCUT2D eigenvalue weighted by Crippen LogP contribution is 2.44. The van der Waals surface area contributed by atoms with Crippen LogP contribution in [0, 0.1) is 12.3 Å². The van der Waals surface area contributed by atoms with Gasteiger partial charge >= 0.3 is 0 Å². The fourth-order valence-electron chi connectivity index (χ4n) is 4.47. The van der Waals surface area contributed by atoms with E-state index < -0.39 is 6.10 Å². The van der Waals surface area contributed by atoms with Gasteiger partial charge in [0.1, 0.15) is 5.76 Å². The van der Waals surface area contributed by atoms with Crippen molar-refractivity contribution >= 4 is 11.6 Å². The van der Waals surface area contributed by atoms with Crippen molar-refractivity contribution in [2.45, 2.75) is 59.1 Å². The van der Waals surface area contributed by atoms with E-state index in [-0.39, 0.29) is 17.4 Å². The molecule has 4 heteroatoms. The zero-order valence-electron chi connectivity index (χ0n) is 15.3. The predicted molar refractivity (Wildman–Crippen MR) is 96.9 cm³/mol. The van der Waals surface area contributed by atoms with E-state index in [2.05, 4.69) is 26.8 Å². The molecule has 0 saturated carbocycles. The number of furan rings is 1. The Labute approximate surface area is 148 Å². The second-order valence-electron chi connectivity index (χ2n) is 8.31. The van der Waals surface area contributed by atoms with E-state index in [1.54, 1.807) is 0 Å². The van der Waals surface area contributed by atoms with E-state index in [1.807, 2.05) is 30.0 Å². The summed E-state index contributed by atoms with van der Waals surface area (Å²) in [5.74, 6) is 1.05. The summed E-state index contributed by atoms with van der Waals surface area (Å²) >= 11 is 0. The lowest BCUT2D eigenvalue weighted by atomic mass is 9.75. The van der Waals surface area contributed by atoms with Crippen LogP contribution < -0.4 is 4.90 Å². The number of amides is 1. The van der Waals surface area contributed by atoms with Crippen LogP contribution in [0.4, 0.5) is 5.69 Å². The normalized spacial score (nSPS) is 24.1. The van der Waals surface area contributed by atoms with Crippen LogP contribution in [0.5, 0.6) is 0 Å². The highest BCUT2D eigenvalue weighted by atomic mass is 16.4. The lowest BCUT2D eigenvalue weighted by Crippen LogP contribution is -2.35. The van der Waals surface area contributed by atoms with E-state index in [1.165, 1.54) is 5.56 Å². The van der Waals surface area contributed by atoms with Crippen LogP contribution in [0.1, 0.15) is 66.3 Å². The van der Waals surface area contributed by atoms with Gasteiger partial charge in [-0.25, -0.2) is 0 Å².